The van der Waals surface area contributed by atoms with Gasteiger partial charge in [0.1, 0.15) is 0 Å². The summed E-state index contributed by atoms with van der Waals surface area (Å²) in [5, 5.41) is 3.51. The Balaban J connectivity index is 2.40. The Morgan fingerprint density at radius 2 is 2.18 bits per heavy atom. The monoisotopic (exact) mass is 235 g/mol. The van der Waals surface area contributed by atoms with Gasteiger partial charge in [0, 0.05) is 23.9 Å². The van der Waals surface area contributed by atoms with Gasteiger partial charge in [0.2, 0.25) is 0 Å². The maximum absolute atomic E-state index is 5.54. The standard InChI is InChI=1S/C14H25N3/c1-12(7-8-15)10-16-11-14(2,3)13-6-4-5-9-17-13/h4-6,9,12,16H,7-8,10-11,15H2,1-3H3. The van der Waals surface area contributed by atoms with E-state index in [0.29, 0.717) is 5.92 Å². The van der Waals surface area contributed by atoms with Crippen LogP contribution in [-0.4, -0.2) is 24.6 Å². The van der Waals surface area contributed by atoms with Crippen molar-refractivity contribution in [1.29, 1.82) is 0 Å². The Morgan fingerprint density at radius 1 is 1.41 bits per heavy atom. The van der Waals surface area contributed by atoms with Gasteiger partial charge < -0.3 is 11.1 Å². The predicted octanol–water partition coefficient (Wildman–Crippen LogP) is 1.93. The number of rotatable bonds is 7. The molecule has 0 aliphatic carbocycles. The molecule has 0 aliphatic heterocycles. The van der Waals surface area contributed by atoms with E-state index in [1.807, 2.05) is 18.3 Å². The van der Waals surface area contributed by atoms with Crippen LogP contribution in [0.4, 0.5) is 0 Å². The van der Waals surface area contributed by atoms with Gasteiger partial charge in [-0.3, -0.25) is 4.98 Å². The highest BCUT2D eigenvalue weighted by atomic mass is 14.9. The van der Waals surface area contributed by atoms with E-state index in [4.69, 9.17) is 5.73 Å². The van der Waals surface area contributed by atoms with Gasteiger partial charge in [-0.2, -0.15) is 0 Å². The van der Waals surface area contributed by atoms with Gasteiger partial charge in [0.05, 0.1) is 0 Å². The van der Waals surface area contributed by atoms with Gasteiger partial charge in [-0.1, -0.05) is 26.8 Å². The molecule has 0 bridgehead atoms. The highest BCUT2D eigenvalue weighted by Gasteiger charge is 2.21. The van der Waals surface area contributed by atoms with Crippen LogP contribution in [0, 0.1) is 5.92 Å². The fourth-order valence-electron chi connectivity index (χ4n) is 1.87. The molecule has 0 spiro atoms. The molecule has 3 N–H and O–H groups in total. The first-order valence-corrected chi connectivity index (χ1v) is 6.38. The topological polar surface area (TPSA) is 50.9 Å². The smallest absolute Gasteiger partial charge is 0.0472 e. The molecule has 0 aromatic carbocycles. The third kappa shape index (κ3) is 4.84. The van der Waals surface area contributed by atoms with Crippen LogP contribution in [0.1, 0.15) is 32.9 Å². The zero-order valence-corrected chi connectivity index (χ0v) is 11.2. The Bertz CT molecular complexity index is 309. The van der Waals surface area contributed by atoms with Crippen LogP contribution in [-0.2, 0) is 5.41 Å². The number of nitrogens with one attached hydrogen (secondary N) is 1. The maximum atomic E-state index is 5.54. The molecule has 1 aromatic heterocycles. The van der Waals surface area contributed by atoms with Gasteiger partial charge in [0.25, 0.3) is 0 Å². The second-order valence-electron chi connectivity index (χ2n) is 5.41. The molecule has 1 heterocycles. The average molecular weight is 235 g/mol. The summed E-state index contributed by atoms with van der Waals surface area (Å²) in [5.41, 5.74) is 6.75. The molecule has 1 unspecified atom stereocenters. The van der Waals surface area contributed by atoms with Gasteiger partial charge >= 0.3 is 0 Å². The van der Waals surface area contributed by atoms with Gasteiger partial charge in [0.15, 0.2) is 0 Å². The molecular formula is C14H25N3. The lowest BCUT2D eigenvalue weighted by Gasteiger charge is -2.25. The Kier molecular flexibility index (Phi) is 5.59. The lowest BCUT2D eigenvalue weighted by molar-refractivity contribution is 0.416. The lowest BCUT2D eigenvalue weighted by atomic mass is 9.88. The molecule has 0 amide bonds. The van der Waals surface area contributed by atoms with E-state index in [-0.39, 0.29) is 5.41 Å². The Morgan fingerprint density at radius 3 is 2.76 bits per heavy atom. The van der Waals surface area contributed by atoms with Crippen molar-refractivity contribution < 1.29 is 0 Å². The summed E-state index contributed by atoms with van der Waals surface area (Å²) in [6, 6.07) is 6.09. The molecule has 1 aromatic rings. The van der Waals surface area contributed by atoms with Crippen molar-refractivity contribution in [3.63, 3.8) is 0 Å². The Hall–Kier alpha value is -0.930. The number of hydrogen-bond donors (Lipinski definition) is 2. The van der Waals surface area contributed by atoms with Gasteiger partial charge in [-0.05, 0) is 37.6 Å². The third-order valence-corrected chi connectivity index (χ3v) is 3.08. The normalized spacial score (nSPS) is 13.6. The van der Waals surface area contributed by atoms with Crippen LogP contribution in [0.3, 0.4) is 0 Å². The first kappa shape index (κ1) is 14.1. The quantitative estimate of drug-likeness (QED) is 0.759. The molecule has 1 rings (SSSR count). The fourth-order valence-corrected chi connectivity index (χ4v) is 1.87. The highest BCUT2D eigenvalue weighted by molar-refractivity contribution is 5.14. The van der Waals surface area contributed by atoms with Crippen LogP contribution in [0.2, 0.25) is 0 Å². The van der Waals surface area contributed by atoms with Gasteiger partial charge in [-0.25, -0.2) is 0 Å². The Labute approximate surface area is 105 Å². The number of hydrogen-bond acceptors (Lipinski definition) is 3. The summed E-state index contributed by atoms with van der Waals surface area (Å²) in [6.45, 7) is 9.40. The molecule has 0 aliphatic rings. The zero-order chi connectivity index (χ0) is 12.7. The number of nitrogens with two attached hydrogens (primary N) is 1. The fraction of sp³-hybridized carbons (Fsp3) is 0.643. The SMILES string of the molecule is CC(CCN)CNCC(C)(C)c1ccccn1. The zero-order valence-electron chi connectivity index (χ0n) is 11.2. The van der Waals surface area contributed by atoms with E-state index in [2.05, 4.69) is 37.1 Å². The van der Waals surface area contributed by atoms with Crippen LogP contribution >= 0.6 is 0 Å². The van der Waals surface area contributed by atoms with Crippen molar-refractivity contribution in [1.82, 2.24) is 10.3 Å². The summed E-state index contributed by atoms with van der Waals surface area (Å²) in [4.78, 5) is 4.42. The third-order valence-electron chi connectivity index (χ3n) is 3.08. The number of aromatic nitrogens is 1. The van der Waals surface area contributed by atoms with Crippen LogP contribution in [0.15, 0.2) is 24.4 Å². The second kappa shape index (κ2) is 6.72. The highest BCUT2D eigenvalue weighted by Crippen LogP contribution is 2.19. The van der Waals surface area contributed by atoms with E-state index < -0.39 is 0 Å². The van der Waals surface area contributed by atoms with E-state index in [9.17, 15) is 0 Å². The average Bonchev–Trinajstić information content (AvgIpc) is 2.30. The minimum absolute atomic E-state index is 0.0731. The minimum Gasteiger partial charge on any atom is -0.330 e. The number of pyridine rings is 1. The molecule has 96 valence electrons. The van der Waals surface area contributed by atoms with Crippen molar-refractivity contribution in [3.8, 4) is 0 Å². The maximum Gasteiger partial charge on any atom is 0.0472 e. The molecule has 0 radical (unpaired) electrons. The summed E-state index contributed by atoms with van der Waals surface area (Å²) >= 11 is 0. The molecular weight excluding hydrogens is 210 g/mol. The van der Waals surface area contributed by atoms with Crippen molar-refractivity contribution in [2.75, 3.05) is 19.6 Å². The van der Waals surface area contributed by atoms with Crippen molar-refractivity contribution in [2.24, 2.45) is 11.7 Å². The van der Waals surface area contributed by atoms with Crippen molar-refractivity contribution >= 4 is 0 Å². The van der Waals surface area contributed by atoms with E-state index >= 15 is 0 Å². The summed E-state index contributed by atoms with van der Waals surface area (Å²) in [7, 11) is 0. The molecule has 0 fully saturated rings. The van der Waals surface area contributed by atoms with E-state index in [1.165, 1.54) is 0 Å². The van der Waals surface area contributed by atoms with E-state index in [0.717, 1.165) is 31.7 Å². The largest absolute Gasteiger partial charge is 0.330 e. The lowest BCUT2D eigenvalue weighted by Crippen LogP contribution is -2.36. The van der Waals surface area contributed by atoms with Crippen LogP contribution in [0.25, 0.3) is 0 Å². The minimum atomic E-state index is 0.0731. The van der Waals surface area contributed by atoms with Crippen LogP contribution < -0.4 is 11.1 Å². The molecule has 17 heavy (non-hydrogen) atoms. The number of nitrogens with zero attached hydrogens (tertiary/aromatic N) is 1. The van der Waals surface area contributed by atoms with Crippen LogP contribution in [0.5, 0.6) is 0 Å². The summed E-state index contributed by atoms with van der Waals surface area (Å²) < 4.78 is 0. The molecule has 0 saturated heterocycles. The molecule has 3 heteroatoms. The second-order valence-corrected chi connectivity index (χ2v) is 5.41. The molecule has 0 saturated carbocycles. The predicted molar refractivity (Wildman–Crippen MR) is 73.0 cm³/mol. The summed E-state index contributed by atoms with van der Waals surface area (Å²) in [5.74, 6) is 0.638. The summed E-state index contributed by atoms with van der Waals surface area (Å²) in [6.07, 6.45) is 2.94. The van der Waals surface area contributed by atoms with Gasteiger partial charge in [-0.15, -0.1) is 0 Å². The van der Waals surface area contributed by atoms with E-state index in [1.54, 1.807) is 0 Å². The first-order chi connectivity index (χ1) is 8.06. The molecule has 1 atom stereocenters. The molecule has 3 nitrogen and oxygen atoms in total. The van der Waals surface area contributed by atoms with Crippen molar-refractivity contribution in [2.45, 2.75) is 32.6 Å². The van der Waals surface area contributed by atoms with Crippen molar-refractivity contribution in [3.05, 3.63) is 30.1 Å². The first-order valence-electron chi connectivity index (χ1n) is 6.38.